The number of rotatable bonds is 9. The van der Waals surface area contributed by atoms with E-state index in [1.54, 1.807) is 9.91 Å². The number of urea groups is 1. The molecule has 4 rings (SSSR count). The SMILES string of the molecule is CCCN1CC(=O)N2[C@@H](C(C)C)C(=O)N(CCCc3ccccc3)C[C@@H]2N1C(=O)NCc1ccccc1. The van der Waals surface area contributed by atoms with Crippen LogP contribution in [0.15, 0.2) is 60.7 Å². The lowest BCUT2D eigenvalue weighted by molar-refractivity contribution is -0.193. The van der Waals surface area contributed by atoms with Gasteiger partial charge in [-0.05, 0) is 36.3 Å². The topological polar surface area (TPSA) is 76.2 Å². The maximum atomic E-state index is 13.6. The predicted octanol–water partition coefficient (Wildman–Crippen LogP) is 3.49. The minimum Gasteiger partial charge on any atom is -0.337 e. The number of piperazine rings is 1. The number of aryl methyl sites for hydroxylation is 1. The molecule has 0 saturated carbocycles. The summed E-state index contributed by atoms with van der Waals surface area (Å²) in [6, 6.07) is 19.2. The van der Waals surface area contributed by atoms with Gasteiger partial charge in [-0.1, -0.05) is 81.4 Å². The lowest BCUT2D eigenvalue weighted by atomic mass is 9.96. The van der Waals surface area contributed by atoms with Crippen molar-refractivity contribution in [2.45, 2.75) is 58.8 Å². The number of nitrogens with zero attached hydrogens (tertiary/aromatic N) is 4. The van der Waals surface area contributed by atoms with Gasteiger partial charge in [0.15, 0.2) is 0 Å². The Morgan fingerprint density at radius 3 is 2.24 bits per heavy atom. The lowest BCUT2D eigenvalue weighted by Crippen LogP contribution is -2.77. The van der Waals surface area contributed by atoms with Crippen molar-refractivity contribution in [3.63, 3.8) is 0 Å². The van der Waals surface area contributed by atoms with E-state index in [9.17, 15) is 14.4 Å². The summed E-state index contributed by atoms with van der Waals surface area (Å²) in [5.74, 6) is -0.189. The van der Waals surface area contributed by atoms with Crippen LogP contribution in [0.3, 0.4) is 0 Å². The van der Waals surface area contributed by atoms with Gasteiger partial charge in [-0.2, -0.15) is 0 Å². The molecule has 1 N–H and O–H groups in total. The Labute approximate surface area is 220 Å². The summed E-state index contributed by atoms with van der Waals surface area (Å²) < 4.78 is 0. The molecule has 2 heterocycles. The number of benzene rings is 2. The maximum absolute atomic E-state index is 13.6. The summed E-state index contributed by atoms with van der Waals surface area (Å²) in [7, 11) is 0. The zero-order valence-corrected chi connectivity index (χ0v) is 22.2. The Kier molecular flexibility index (Phi) is 8.82. The van der Waals surface area contributed by atoms with E-state index in [0.29, 0.717) is 26.2 Å². The van der Waals surface area contributed by atoms with Crippen molar-refractivity contribution in [1.29, 1.82) is 0 Å². The summed E-state index contributed by atoms with van der Waals surface area (Å²) in [5.41, 5.74) is 2.24. The summed E-state index contributed by atoms with van der Waals surface area (Å²) >= 11 is 0. The van der Waals surface area contributed by atoms with Crippen molar-refractivity contribution in [2.75, 3.05) is 26.2 Å². The summed E-state index contributed by atoms with van der Waals surface area (Å²) in [4.78, 5) is 44.1. The van der Waals surface area contributed by atoms with Gasteiger partial charge in [0.25, 0.3) is 0 Å². The number of nitrogens with one attached hydrogen (secondary N) is 1. The number of hydrogen-bond acceptors (Lipinski definition) is 4. The first-order valence-corrected chi connectivity index (χ1v) is 13.4. The van der Waals surface area contributed by atoms with Gasteiger partial charge in [0.1, 0.15) is 12.2 Å². The van der Waals surface area contributed by atoms with E-state index in [2.05, 4.69) is 17.4 Å². The molecule has 2 aliphatic rings. The van der Waals surface area contributed by atoms with Crippen LogP contribution >= 0.6 is 0 Å². The van der Waals surface area contributed by atoms with Crippen LogP contribution in [0.5, 0.6) is 0 Å². The fourth-order valence-electron chi connectivity index (χ4n) is 5.38. The van der Waals surface area contributed by atoms with Gasteiger partial charge in [-0.3, -0.25) is 9.59 Å². The minimum atomic E-state index is -0.587. The summed E-state index contributed by atoms with van der Waals surface area (Å²) in [6.45, 7) is 7.94. The van der Waals surface area contributed by atoms with E-state index in [1.807, 2.05) is 79.2 Å². The number of carbonyl (C=O) groups is 3. The largest absolute Gasteiger partial charge is 0.337 e. The highest BCUT2D eigenvalue weighted by Crippen LogP contribution is 2.30. The third-order valence-corrected chi connectivity index (χ3v) is 7.11. The van der Waals surface area contributed by atoms with Crippen LogP contribution in [-0.2, 0) is 22.6 Å². The number of amides is 4. The minimum absolute atomic E-state index is 0.0266. The zero-order chi connectivity index (χ0) is 26.4. The van der Waals surface area contributed by atoms with E-state index in [1.165, 1.54) is 5.56 Å². The maximum Gasteiger partial charge on any atom is 0.334 e. The van der Waals surface area contributed by atoms with Crippen molar-refractivity contribution in [3.8, 4) is 0 Å². The molecule has 8 nitrogen and oxygen atoms in total. The normalized spacial score (nSPS) is 20.4. The van der Waals surface area contributed by atoms with Crippen LogP contribution in [0.25, 0.3) is 0 Å². The molecule has 0 unspecified atom stereocenters. The Bertz CT molecular complexity index is 1060. The highest BCUT2D eigenvalue weighted by molar-refractivity contribution is 5.91. The molecule has 198 valence electrons. The van der Waals surface area contributed by atoms with Gasteiger partial charge in [0, 0.05) is 19.6 Å². The Hall–Kier alpha value is -3.39. The number of carbonyl (C=O) groups excluding carboxylic acids is 3. The quantitative estimate of drug-likeness (QED) is 0.566. The average molecular weight is 506 g/mol. The van der Waals surface area contributed by atoms with Crippen molar-refractivity contribution >= 4 is 17.8 Å². The monoisotopic (exact) mass is 505 g/mol. The summed E-state index contributed by atoms with van der Waals surface area (Å²) in [6.07, 6.45) is 1.95. The van der Waals surface area contributed by atoms with Crippen LogP contribution in [-0.4, -0.2) is 76.0 Å². The predicted molar refractivity (Wildman–Crippen MR) is 143 cm³/mol. The second kappa shape index (κ2) is 12.2. The third-order valence-electron chi connectivity index (χ3n) is 7.11. The van der Waals surface area contributed by atoms with Gasteiger partial charge in [0.2, 0.25) is 11.8 Å². The molecule has 2 fully saturated rings. The van der Waals surface area contributed by atoms with Crippen molar-refractivity contribution in [3.05, 3.63) is 71.8 Å². The van der Waals surface area contributed by atoms with Gasteiger partial charge >= 0.3 is 6.03 Å². The van der Waals surface area contributed by atoms with E-state index >= 15 is 0 Å². The molecule has 2 atom stereocenters. The molecule has 0 aliphatic carbocycles. The number of hydrogen-bond donors (Lipinski definition) is 1. The van der Waals surface area contributed by atoms with Crippen LogP contribution in [0.4, 0.5) is 4.79 Å². The second-order valence-corrected chi connectivity index (χ2v) is 10.2. The first-order valence-electron chi connectivity index (χ1n) is 13.4. The van der Waals surface area contributed by atoms with E-state index < -0.39 is 12.2 Å². The Balaban J connectivity index is 1.56. The zero-order valence-electron chi connectivity index (χ0n) is 22.2. The lowest BCUT2D eigenvalue weighted by Gasteiger charge is -2.56. The van der Waals surface area contributed by atoms with Crippen LogP contribution in [0.1, 0.15) is 44.7 Å². The van der Waals surface area contributed by atoms with Crippen molar-refractivity contribution < 1.29 is 14.4 Å². The van der Waals surface area contributed by atoms with E-state index in [4.69, 9.17) is 0 Å². The Morgan fingerprint density at radius 1 is 0.973 bits per heavy atom. The van der Waals surface area contributed by atoms with Gasteiger partial charge < -0.3 is 15.1 Å². The fourth-order valence-corrected chi connectivity index (χ4v) is 5.38. The van der Waals surface area contributed by atoms with E-state index in [-0.39, 0.29) is 30.3 Å². The van der Waals surface area contributed by atoms with Crippen molar-refractivity contribution in [2.24, 2.45) is 5.92 Å². The molecule has 0 aromatic heterocycles. The molecule has 2 aromatic carbocycles. The average Bonchev–Trinajstić information content (AvgIpc) is 2.89. The number of fused-ring (bicyclic) bond motifs is 1. The van der Waals surface area contributed by atoms with Crippen LogP contribution in [0, 0.1) is 5.92 Å². The van der Waals surface area contributed by atoms with Crippen molar-refractivity contribution in [1.82, 2.24) is 25.1 Å². The molecule has 0 bridgehead atoms. The summed E-state index contributed by atoms with van der Waals surface area (Å²) in [5, 5.41) is 6.58. The van der Waals surface area contributed by atoms with E-state index in [0.717, 1.165) is 24.8 Å². The fraction of sp³-hybridized carbons (Fsp3) is 0.483. The molecular weight excluding hydrogens is 466 g/mol. The molecule has 0 radical (unpaired) electrons. The Morgan fingerprint density at radius 2 is 1.62 bits per heavy atom. The first kappa shape index (κ1) is 26.7. The molecule has 2 saturated heterocycles. The third kappa shape index (κ3) is 6.13. The van der Waals surface area contributed by atoms with Crippen LogP contribution in [0.2, 0.25) is 0 Å². The number of hydrazine groups is 1. The van der Waals surface area contributed by atoms with Gasteiger partial charge in [-0.15, -0.1) is 0 Å². The van der Waals surface area contributed by atoms with Gasteiger partial charge in [-0.25, -0.2) is 14.8 Å². The molecule has 4 amide bonds. The molecule has 0 spiro atoms. The van der Waals surface area contributed by atoms with Gasteiger partial charge in [0.05, 0.1) is 13.1 Å². The second-order valence-electron chi connectivity index (χ2n) is 10.2. The highest BCUT2D eigenvalue weighted by Gasteiger charge is 2.51. The van der Waals surface area contributed by atoms with Crippen LogP contribution < -0.4 is 5.32 Å². The first-order chi connectivity index (χ1) is 17.9. The standard InChI is InChI=1S/C29H39N5O3/c1-4-17-32-21-26(35)33-25(34(32)29(37)30-19-24-14-9-6-10-15-24)20-31(28(36)27(33)22(2)3)18-11-16-23-12-7-5-8-13-23/h5-10,12-15,22,25,27H,4,11,16-21H2,1-3H3,(H,30,37)/t25-,27-/m0/s1. The highest BCUT2D eigenvalue weighted by atomic mass is 16.2. The smallest absolute Gasteiger partial charge is 0.334 e. The molecular formula is C29H39N5O3. The molecule has 37 heavy (non-hydrogen) atoms. The molecule has 8 heteroatoms. The molecule has 2 aromatic rings. The molecule has 2 aliphatic heterocycles.